The molecule has 0 saturated carbocycles. The molecule has 2 aromatic rings. The Kier molecular flexibility index (Phi) is 3.47. The van der Waals surface area contributed by atoms with Crippen LogP contribution in [-0.2, 0) is 0 Å². The van der Waals surface area contributed by atoms with Gasteiger partial charge in [0.15, 0.2) is 0 Å². The second-order valence-corrected chi connectivity index (χ2v) is 4.25. The molecule has 0 bridgehead atoms. The van der Waals surface area contributed by atoms with Crippen LogP contribution in [0.2, 0.25) is 0 Å². The number of rotatable bonds is 4. The van der Waals surface area contributed by atoms with E-state index in [1.54, 1.807) is 6.07 Å². The van der Waals surface area contributed by atoms with E-state index in [9.17, 15) is 0 Å². The zero-order valence-corrected chi connectivity index (χ0v) is 10.3. The van der Waals surface area contributed by atoms with Gasteiger partial charge in [-0.1, -0.05) is 43.3 Å². The van der Waals surface area contributed by atoms with Crippen LogP contribution in [0, 0.1) is 0 Å². The summed E-state index contributed by atoms with van der Waals surface area (Å²) in [5.41, 5.74) is 8.72. The molecule has 1 heterocycles. The van der Waals surface area contributed by atoms with Crippen molar-refractivity contribution in [3.63, 3.8) is 0 Å². The van der Waals surface area contributed by atoms with E-state index in [2.05, 4.69) is 43.3 Å². The maximum Gasteiger partial charge on any atom is 0.222 e. The van der Waals surface area contributed by atoms with Crippen LogP contribution in [0.1, 0.15) is 38.2 Å². The minimum atomic E-state index is 0.351. The van der Waals surface area contributed by atoms with Gasteiger partial charge in [0.25, 0.3) is 0 Å². The Morgan fingerprint density at radius 1 is 1.18 bits per heavy atom. The summed E-state index contributed by atoms with van der Waals surface area (Å²) in [4.78, 5) is 0. The predicted molar refractivity (Wildman–Crippen MR) is 69.7 cm³/mol. The van der Waals surface area contributed by atoms with Crippen molar-refractivity contribution in [2.24, 2.45) is 0 Å². The molecule has 90 valence electrons. The number of aromatic nitrogens is 1. The summed E-state index contributed by atoms with van der Waals surface area (Å²) >= 11 is 0. The Bertz CT molecular complexity index is 469. The molecule has 2 N–H and O–H groups in total. The molecule has 0 spiro atoms. The molecule has 0 radical (unpaired) electrons. The van der Waals surface area contributed by atoms with Crippen LogP contribution in [0.5, 0.6) is 0 Å². The van der Waals surface area contributed by atoms with Crippen LogP contribution in [0.15, 0.2) is 34.9 Å². The third kappa shape index (κ3) is 2.49. The fraction of sp³-hybridized carbons (Fsp3) is 0.357. The summed E-state index contributed by atoms with van der Waals surface area (Å²) in [7, 11) is 0. The first kappa shape index (κ1) is 11.7. The maximum atomic E-state index is 5.51. The molecule has 0 saturated heterocycles. The van der Waals surface area contributed by atoms with Gasteiger partial charge >= 0.3 is 0 Å². The zero-order valence-electron chi connectivity index (χ0n) is 10.3. The molecule has 0 aliphatic rings. The van der Waals surface area contributed by atoms with Crippen molar-refractivity contribution in [3.8, 4) is 11.3 Å². The first-order chi connectivity index (χ1) is 8.24. The second-order valence-electron chi connectivity index (χ2n) is 4.25. The average Bonchev–Trinajstić information content (AvgIpc) is 2.78. The van der Waals surface area contributed by atoms with Crippen LogP contribution < -0.4 is 5.73 Å². The molecule has 0 fully saturated rings. The zero-order chi connectivity index (χ0) is 12.3. The summed E-state index contributed by atoms with van der Waals surface area (Å²) in [6.45, 7) is 4.45. The lowest BCUT2D eigenvalue weighted by Gasteiger charge is -2.12. The Hall–Kier alpha value is -1.77. The van der Waals surface area contributed by atoms with E-state index in [-0.39, 0.29) is 0 Å². The van der Waals surface area contributed by atoms with Crippen molar-refractivity contribution >= 4 is 5.88 Å². The molecule has 0 amide bonds. The molecule has 2 rings (SSSR count). The van der Waals surface area contributed by atoms with Gasteiger partial charge in [-0.05, 0) is 24.3 Å². The van der Waals surface area contributed by atoms with Crippen LogP contribution in [0.4, 0.5) is 5.88 Å². The lowest BCUT2D eigenvalue weighted by molar-refractivity contribution is 0.439. The smallest absolute Gasteiger partial charge is 0.222 e. The van der Waals surface area contributed by atoms with Gasteiger partial charge in [-0.25, -0.2) is 0 Å². The molecule has 1 aromatic carbocycles. The van der Waals surface area contributed by atoms with Crippen molar-refractivity contribution in [1.82, 2.24) is 5.16 Å². The molecular formula is C14H18N2O. The van der Waals surface area contributed by atoms with Gasteiger partial charge in [-0.3, -0.25) is 0 Å². The maximum absolute atomic E-state index is 5.51. The number of nitrogens with zero attached hydrogens (tertiary/aromatic N) is 1. The average molecular weight is 230 g/mol. The minimum absolute atomic E-state index is 0.351. The van der Waals surface area contributed by atoms with Gasteiger partial charge in [-0.2, -0.15) is 0 Å². The topological polar surface area (TPSA) is 52.0 Å². The van der Waals surface area contributed by atoms with E-state index >= 15 is 0 Å². The summed E-state index contributed by atoms with van der Waals surface area (Å²) < 4.78 is 4.87. The molecular weight excluding hydrogens is 212 g/mol. The molecule has 0 aliphatic heterocycles. The summed E-state index contributed by atoms with van der Waals surface area (Å²) in [6, 6.07) is 10.2. The van der Waals surface area contributed by atoms with E-state index < -0.39 is 0 Å². The lowest BCUT2D eigenvalue weighted by atomic mass is 9.93. The molecule has 1 aromatic heterocycles. The van der Waals surface area contributed by atoms with Gasteiger partial charge in [0.05, 0.1) is 0 Å². The highest BCUT2D eigenvalue weighted by molar-refractivity contribution is 5.61. The molecule has 3 heteroatoms. The van der Waals surface area contributed by atoms with E-state index in [1.165, 1.54) is 18.4 Å². The summed E-state index contributed by atoms with van der Waals surface area (Å²) in [5.74, 6) is 0.996. The summed E-state index contributed by atoms with van der Waals surface area (Å²) in [5, 5.41) is 3.90. The van der Waals surface area contributed by atoms with Gasteiger partial charge in [0.2, 0.25) is 5.88 Å². The van der Waals surface area contributed by atoms with Crippen LogP contribution in [0.3, 0.4) is 0 Å². The first-order valence-electron chi connectivity index (χ1n) is 6.07. The van der Waals surface area contributed by atoms with Gasteiger partial charge in [0, 0.05) is 11.6 Å². The first-order valence-corrected chi connectivity index (χ1v) is 6.07. The molecule has 17 heavy (non-hydrogen) atoms. The van der Waals surface area contributed by atoms with Crippen molar-refractivity contribution in [2.75, 3.05) is 5.73 Å². The lowest BCUT2D eigenvalue weighted by Crippen LogP contribution is -1.94. The van der Waals surface area contributed by atoms with Gasteiger partial charge in [-0.15, -0.1) is 0 Å². The standard InChI is InChI=1S/C14H18N2O/c1-3-10(4-2)11-5-7-12(8-6-11)13-9-14(15)17-16-13/h5-10H,3-4,15H2,1-2H3. The highest BCUT2D eigenvalue weighted by Gasteiger charge is 2.08. The van der Waals surface area contributed by atoms with Crippen molar-refractivity contribution in [2.45, 2.75) is 32.6 Å². The SMILES string of the molecule is CCC(CC)c1ccc(-c2cc(N)on2)cc1. The second kappa shape index (κ2) is 5.04. The number of anilines is 1. The number of benzene rings is 1. The van der Waals surface area contributed by atoms with Crippen molar-refractivity contribution in [1.29, 1.82) is 0 Å². The number of hydrogen-bond donors (Lipinski definition) is 1. The highest BCUT2D eigenvalue weighted by atomic mass is 16.5. The molecule has 3 nitrogen and oxygen atoms in total. The number of hydrogen-bond acceptors (Lipinski definition) is 3. The third-order valence-corrected chi connectivity index (χ3v) is 3.19. The normalized spacial score (nSPS) is 11.0. The molecule has 0 aliphatic carbocycles. The Balaban J connectivity index is 2.23. The van der Waals surface area contributed by atoms with Crippen molar-refractivity contribution < 1.29 is 4.52 Å². The van der Waals surface area contributed by atoms with Crippen molar-refractivity contribution in [3.05, 3.63) is 35.9 Å². The largest absolute Gasteiger partial charge is 0.368 e. The van der Waals surface area contributed by atoms with E-state index in [0.29, 0.717) is 11.8 Å². The molecule has 0 unspecified atom stereocenters. The third-order valence-electron chi connectivity index (χ3n) is 3.19. The highest BCUT2D eigenvalue weighted by Crippen LogP contribution is 2.26. The van der Waals surface area contributed by atoms with Crippen LogP contribution in [0.25, 0.3) is 11.3 Å². The van der Waals surface area contributed by atoms with Crippen LogP contribution >= 0.6 is 0 Å². The minimum Gasteiger partial charge on any atom is -0.368 e. The van der Waals surface area contributed by atoms with E-state index in [1.807, 2.05) is 0 Å². The molecule has 0 atom stereocenters. The number of nitrogen functional groups attached to an aromatic ring is 1. The van der Waals surface area contributed by atoms with Gasteiger partial charge in [0.1, 0.15) is 5.69 Å². The Morgan fingerprint density at radius 2 is 1.82 bits per heavy atom. The van der Waals surface area contributed by atoms with Crippen LogP contribution in [-0.4, -0.2) is 5.16 Å². The van der Waals surface area contributed by atoms with E-state index in [0.717, 1.165) is 11.3 Å². The fourth-order valence-electron chi connectivity index (χ4n) is 2.11. The van der Waals surface area contributed by atoms with E-state index in [4.69, 9.17) is 10.3 Å². The van der Waals surface area contributed by atoms with Gasteiger partial charge < -0.3 is 10.3 Å². The summed E-state index contributed by atoms with van der Waals surface area (Å²) in [6.07, 6.45) is 2.35. The fourth-order valence-corrected chi connectivity index (χ4v) is 2.11. The predicted octanol–water partition coefficient (Wildman–Crippen LogP) is 3.83. The quantitative estimate of drug-likeness (QED) is 0.868. The number of nitrogens with two attached hydrogens (primary N) is 1. The Morgan fingerprint density at radius 3 is 2.29 bits per heavy atom. The Labute approximate surface area is 102 Å². The monoisotopic (exact) mass is 230 g/mol.